The van der Waals surface area contributed by atoms with Crippen LogP contribution in [0.3, 0.4) is 0 Å². The molecule has 0 saturated carbocycles. The Kier molecular flexibility index (Phi) is 7.54. The summed E-state index contributed by atoms with van der Waals surface area (Å²) < 4.78 is 0. The summed E-state index contributed by atoms with van der Waals surface area (Å²) in [6, 6.07) is 5.19. The lowest BCUT2D eigenvalue weighted by Crippen LogP contribution is -2.30. The Hall–Kier alpha value is -1.26. The van der Waals surface area contributed by atoms with Crippen molar-refractivity contribution >= 4 is 35.1 Å². The summed E-state index contributed by atoms with van der Waals surface area (Å²) in [6.45, 7) is 2.29. The van der Waals surface area contributed by atoms with Crippen molar-refractivity contribution in [1.82, 2.24) is 5.32 Å². The van der Waals surface area contributed by atoms with Crippen molar-refractivity contribution in [3.63, 3.8) is 0 Å². The van der Waals surface area contributed by atoms with Gasteiger partial charge in [0.15, 0.2) is 0 Å². The number of carbonyl (C=O) groups excluding carboxylic acids is 1. The molecule has 0 aliphatic rings. The molecule has 0 saturated heterocycles. The number of carbonyl (C=O) groups is 2. The quantitative estimate of drug-likeness (QED) is 0.765. The van der Waals surface area contributed by atoms with Gasteiger partial charge in [-0.25, -0.2) is 0 Å². The number of hydrogen-bond donors (Lipinski definition) is 2. The minimum Gasteiger partial charge on any atom is -0.481 e. The maximum Gasteiger partial charge on any atom is 0.303 e. The van der Waals surface area contributed by atoms with Crippen molar-refractivity contribution in [2.45, 2.75) is 32.6 Å². The van der Waals surface area contributed by atoms with Crippen molar-refractivity contribution in [1.29, 1.82) is 0 Å². The fraction of sp³-hybridized carbons (Fsp3) is 0.467. The van der Waals surface area contributed by atoms with E-state index in [-0.39, 0.29) is 18.2 Å². The largest absolute Gasteiger partial charge is 0.481 e. The SMILES string of the molecule is CCC(CNC(=O)CCc1ccc(Cl)cc1Cl)CC(=O)O. The number of carboxylic acid groups (broad SMARTS) is 1. The van der Waals surface area contributed by atoms with Gasteiger partial charge in [0.25, 0.3) is 0 Å². The first-order valence-electron chi connectivity index (χ1n) is 6.84. The first-order valence-corrected chi connectivity index (χ1v) is 7.60. The second-order valence-corrected chi connectivity index (χ2v) is 5.76. The van der Waals surface area contributed by atoms with Gasteiger partial charge in [-0.15, -0.1) is 0 Å². The highest BCUT2D eigenvalue weighted by molar-refractivity contribution is 6.35. The zero-order valence-electron chi connectivity index (χ0n) is 11.9. The van der Waals surface area contributed by atoms with Crippen molar-refractivity contribution in [3.8, 4) is 0 Å². The molecule has 6 heteroatoms. The first-order chi connectivity index (χ1) is 9.92. The number of benzene rings is 1. The first kappa shape index (κ1) is 17.8. The van der Waals surface area contributed by atoms with Crippen molar-refractivity contribution in [3.05, 3.63) is 33.8 Å². The third kappa shape index (κ3) is 6.82. The van der Waals surface area contributed by atoms with Gasteiger partial charge < -0.3 is 10.4 Å². The van der Waals surface area contributed by atoms with E-state index in [9.17, 15) is 9.59 Å². The van der Waals surface area contributed by atoms with E-state index < -0.39 is 5.97 Å². The van der Waals surface area contributed by atoms with Crippen LogP contribution in [0.2, 0.25) is 10.0 Å². The van der Waals surface area contributed by atoms with Crippen LogP contribution in [0.4, 0.5) is 0 Å². The maximum absolute atomic E-state index is 11.8. The Morgan fingerprint density at radius 1 is 1.33 bits per heavy atom. The molecule has 0 spiro atoms. The Labute approximate surface area is 134 Å². The third-order valence-corrected chi connectivity index (χ3v) is 3.85. The molecular formula is C15H19Cl2NO3. The Morgan fingerprint density at radius 2 is 2.05 bits per heavy atom. The van der Waals surface area contributed by atoms with Crippen LogP contribution in [0.15, 0.2) is 18.2 Å². The molecule has 21 heavy (non-hydrogen) atoms. The van der Waals surface area contributed by atoms with Gasteiger partial charge in [0, 0.05) is 29.4 Å². The minimum atomic E-state index is -0.843. The molecule has 0 aliphatic heterocycles. The molecule has 0 bridgehead atoms. The van der Waals surface area contributed by atoms with E-state index in [0.717, 1.165) is 12.0 Å². The molecule has 1 aromatic rings. The number of amides is 1. The lowest BCUT2D eigenvalue weighted by atomic mass is 10.0. The average Bonchev–Trinajstić information content (AvgIpc) is 2.42. The number of halogens is 2. The minimum absolute atomic E-state index is 0.0365. The predicted octanol–water partition coefficient (Wildman–Crippen LogP) is 3.54. The summed E-state index contributed by atoms with van der Waals surface area (Å²) >= 11 is 11.8. The van der Waals surface area contributed by atoms with Crippen LogP contribution in [-0.4, -0.2) is 23.5 Å². The highest BCUT2D eigenvalue weighted by atomic mass is 35.5. The van der Waals surface area contributed by atoms with E-state index in [2.05, 4.69) is 5.32 Å². The molecule has 116 valence electrons. The molecule has 1 amide bonds. The van der Waals surface area contributed by atoms with Crippen molar-refractivity contribution < 1.29 is 14.7 Å². The molecule has 1 rings (SSSR count). The van der Waals surface area contributed by atoms with E-state index in [1.165, 1.54) is 0 Å². The van der Waals surface area contributed by atoms with Gasteiger partial charge in [-0.2, -0.15) is 0 Å². The summed E-state index contributed by atoms with van der Waals surface area (Å²) in [6.07, 6.45) is 1.62. The normalized spacial score (nSPS) is 12.0. The summed E-state index contributed by atoms with van der Waals surface area (Å²) in [5.74, 6) is -0.987. The lowest BCUT2D eigenvalue weighted by molar-refractivity contribution is -0.138. The standard InChI is InChI=1S/C15H19Cl2NO3/c1-2-10(7-15(20)21)9-18-14(19)6-4-11-3-5-12(16)8-13(11)17/h3,5,8,10H,2,4,6-7,9H2,1H3,(H,18,19)(H,20,21). The molecule has 0 radical (unpaired) electrons. The monoisotopic (exact) mass is 331 g/mol. The number of hydrogen-bond acceptors (Lipinski definition) is 2. The van der Waals surface area contributed by atoms with E-state index in [0.29, 0.717) is 29.4 Å². The van der Waals surface area contributed by atoms with Gasteiger partial charge in [-0.3, -0.25) is 9.59 Å². The smallest absolute Gasteiger partial charge is 0.303 e. The van der Waals surface area contributed by atoms with Crippen LogP contribution in [0.5, 0.6) is 0 Å². The van der Waals surface area contributed by atoms with Crippen molar-refractivity contribution in [2.24, 2.45) is 5.92 Å². The Bertz CT molecular complexity index is 506. The fourth-order valence-corrected chi connectivity index (χ4v) is 2.43. The van der Waals surface area contributed by atoms with E-state index in [1.54, 1.807) is 18.2 Å². The zero-order valence-corrected chi connectivity index (χ0v) is 13.4. The highest BCUT2D eigenvalue weighted by Crippen LogP contribution is 2.22. The predicted molar refractivity (Wildman–Crippen MR) is 83.8 cm³/mol. The van der Waals surface area contributed by atoms with E-state index in [1.807, 2.05) is 6.92 Å². The van der Waals surface area contributed by atoms with Gasteiger partial charge in [0.05, 0.1) is 0 Å². The lowest BCUT2D eigenvalue weighted by Gasteiger charge is -2.13. The zero-order chi connectivity index (χ0) is 15.8. The molecule has 1 aromatic carbocycles. The number of carboxylic acids is 1. The van der Waals surface area contributed by atoms with Gasteiger partial charge in [-0.05, 0) is 30.0 Å². The molecule has 0 aliphatic carbocycles. The topological polar surface area (TPSA) is 66.4 Å². The molecular weight excluding hydrogens is 313 g/mol. The van der Waals surface area contributed by atoms with Crippen LogP contribution in [0.1, 0.15) is 31.7 Å². The fourth-order valence-electron chi connectivity index (χ4n) is 1.93. The van der Waals surface area contributed by atoms with Gasteiger partial charge in [-0.1, -0.05) is 42.6 Å². The molecule has 1 unspecified atom stereocenters. The van der Waals surface area contributed by atoms with Crippen LogP contribution < -0.4 is 5.32 Å². The highest BCUT2D eigenvalue weighted by Gasteiger charge is 2.12. The molecule has 4 nitrogen and oxygen atoms in total. The number of nitrogens with one attached hydrogen (secondary N) is 1. The van der Waals surface area contributed by atoms with Gasteiger partial charge >= 0.3 is 5.97 Å². The summed E-state index contributed by atoms with van der Waals surface area (Å²) in [5, 5.41) is 12.6. The van der Waals surface area contributed by atoms with E-state index >= 15 is 0 Å². The average molecular weight is 332 g/mol. The summed E-state index contributed by atoms with van der Waals surface area (Å²) in [7, 11) is 0. The van der Waals surface area contributed by atoms with Crippen LogP contribution in [0, 0.1) is 5.92 Å². The summed E-state index contributed by atoms with van der Waals surface area (Å²) in [4.78, 5) is 22.4. The molecule has 2 N–H and O–H groups in total. The van der Waals surface area contributed by atoms with Crippen LogP contribution in [-0.2, 0) is 16.0 Å². The number of rotatable bonds is 8. The molecule has 0 fully saturated rings. The Morgan fingerprint density at radius 3 is 2.62 bits per heavy atom. The molecule has 0 aromatic heterocycles. The van der Waals surface area contributed by atoms with Crippen molar-refractivity contribution in [2.75, 3.05) is 6.54 Å². The maximum atomic E-state index is 11.8. The Balaban J connectivity index is 2.38. The van der Waals surface area contributed by atoms with Gasteiger partial charge in [0.2, 0.25) is 5.91 Å². The van der Waals surface area contributed by atoms with Gasteiger partial charge in [0.1, 0.15) is 0 Å². The van der Waals surface area contributed by atoms with E-state index in [4.69, 9.17) is 28.3 Å². The second-order valence-electron chi connectivity index (χ2n) is 4.91. The number of aryl methyl sites for hydroxylation is 1. The molecule has 0 heterocycles. The third-order valence-electron chi connectivity index (χ3n) is 3.27. The van der Waals surface area contributed by atoms with Crippen LogP contribution >= 0.6 is 23.2 Å². The molecule has 1 atom stereocenters. The van der Waals surface area contributed by atoms with Crippen LogP contribution in [0.25, 0.3) is 0 Å². The number of aliphatic carboxylic acids is 1. The second kappa shape index (κ2) is 8.90. The summed E-state index contributed by atoms with van der Waals surface area (Å²) in [5.41, 5.74) is 0.869.